The fraction of sp³-hybridized carbons (Fsp3) is 0.250. The Bertz CT molecular complexity index is 247. The summed E-state index contributed by atoms with van der Waals surface area (Å²) in [6.45, 7) is 4.56. The number of benzene rings is 1. The number of rotatable bonds is 1. The summed E-state index contributed by atoms with van der Waals surface area (Å²) in [5, 5.41) is 1.45. The van der Waals surface area contributed by atoms with E-state index in [2.05, 4.69) is 58.8 Å². The molecular formula is C8H11PSe. The Morgan fingerprint density at radius 2 is 1.60 bits per heavy atom. The number of hydrogen-bond acceptors (Lipinski definition) is 0. The van der Waals surface area contributed by atoms with Crippen LogP contribution in [-0.4, -0.2) is 28.4 Å². The van der Waals surface area contributed by atoms with Crippen molar-refractivity contribution < 1.29 is 0 Å². The van der Waals surface area contributed by atoms with Crippen LogP contribution < -0.4 is 5.30 Å². The fourth-order valence-electron chi connectivity index (χ4n) is 0.787. The summed E-state index contributed by atoms with van der Waals surface area (Å²) >= 11 is 3.24. The third-order valence-electron chi connectivity index (χ3n) is 1.38. The Morgan fingerprint density at radius 1 is 1.10 bits per heavy atom. The van der Waals surface area contributed by atoms with E-state index in [0.717, 1.165) is 0 Å². The van der Waals surface area contributed by atoms with Crippen molar-refractivity contribution in [3.63, 3.8) is 0 Å². The zero-order chi connectivity index (χ0) is 7.61. The minimum atomic E-state index is -0.893. The van der Waals surface area contributed by atoms with Crippen LogP contribution in [-0.2, 0) is 0 Å². The third kappa shape index (κ3) is 2.09. The van der Waals surface area contributed by atoms with Crippen LogP contribution in [0.1, 0.15) is 0 Å². The monoisotopic (exact) mass is 218 g/mol. The van der Waals surface area contributed by atoms with Crippen molar-refractivity contribution in [2.45, 2.75) is 0 Å². The molecule has 0 aromatic heterocycles. The molecule has 0 saturated heterocycles. The van der Waals surface area contributed by atoms with Gasteiger partial charge in [-0.25, -0.2) is 0 Å². The first-order chi connectivity index (χ1) is 4.61. The van der Waals surface area contributed by atoms with E-state index in [1.165, 1.54) is 5.30 Å². The van der Waals surface area contributed by atoms with Crippen molar-refractivity contribution in [2.75, 3.05) is 13.3 Å². The van der Waals surface area contributed by atoms with Crippen LogP contribution in [0.5, 0.6) is 0 Å². The predicted molar refractivity (Wildman–Crippen MR) is 50.6 cm³/mol. The van der Waals surface area contributed by atoms with Gasteiger partial charge in [-0.15, -0.1) is 0 Å². The Balaban J connectivity index is 3.09. The van der Waals surface area contributed by atoms with Gasteiger partial charge in [-0.1, -0.05) is 0 Å². The molecule has 2 heteroatoms. The summed E-state index contributed by atoms with van der Waals surface area (Å²) in [6, 6.07) is 10.6. The molecule has 0 fully saturated rings. The molecule has 0 aliphatic rings. The Kier molecular flexibility index (Phi) is 2.52. The number of hydrogen-bond donors (Lipinski definition) is 0. The summed E-state index contributed by atoms with van der Waals surface area (Å²) in [5.41, 5.74) is -0.893. The molecule has 1 rings (SSSR count). The Hall–Kier alpha value is 0.169. The summed E-state index contributed by atoms with van der Waals surface area (Å²) in [7, 11) is 0. The van der Waals surface area contributed by atoms with Gasteiger partial charge in [0.25, 0.3) is 0 Å². The summed E-state index contributed by atoms with van der Waals surface area (Å²) < 4.78 is 0. The standard InChI is InChI=1S/C8H11PSe/c1-9(2,10)8-6-4-3-5-7-8/h3-7H,1-2H3. The first-order valence-corrected chi connectivity index (χ1v) is 8.11. The van der Waals surface area contributed by atoms with Gasteiger partial charge < -0.3 is 0 Å². The molecule has 0 heterocycles. The van der Waals surface area contributed by atoms with Gasteiger partial charge >= 0.3 is 69.6 Å². The van der Waals surface area contributed by atoms with Crippen LogP contribution in [0.25, 0.3) is 0 Å². The molecule has 54 valence electrons. The quantitative estimate of drug-likeness (QED) is 0.496. The van der Waals surface area contributed by atoms with E-state index in [1.807, 2.05) is 0 Å². The third-order valence-corrected chi connectivity index (χ3v) is 4.25. The van der Waals surface area contributed by atoms with Gasteiger partial charge in [0.1, 0.15) is 0 Å². The molecule has 1 aromatic carbocycles. The molecule has 0 atom stereocenters. The van der Waals surface area contributed by atoms with Crippen LogP contribution >= 0.6 is 5.51 Å². The van der Waals surface area contributed by atoms with Crippen LogP contribution in [0.2, 0.25) is 0 Å². The molecular weight excluding hydrogens is 206 g/mol. The van der Waals surface area contributed by atoms with Gasteiger partial charge in [0, 0.05) is 0 Å². The second kappa shape index (κ2) is 3.05. The van der Waals surface area contributed by atoms with E-state index < -0.39 is 5.51 Å². The van der Waals surface area contributed by atoms with Crippen LogP contribution in [0.3, 0.4) is 0 Å². The minimum absolute atomic E-state index is 0.893. The molecule has 1 aromatic rings. The molecule has 0 amide bonds. The molecule has 0 aliphatic carbocycles. The van der Waals surface area contributed by atoms with Gasteiger partial charge in [-0.3, -0.25) is 0 Å². The topological polar surface area (TPSA) is 0 Å². The van der Waals surface area contributed by atoms with Gasteiger partial charge in [-0.05, 0) is 0 Å². The van der Waals surface area contributed by atoms with Gasteiger partial charge in [0.2, 0.25) is 0 Å². The molecule has 10 heavy (non-hydrogen) atoms. The average molecular weight is 217 g/mol. The zero-order valence-corrected chi connectivity index (χ0v) is 8.85. The Morgan fingerprint density at radius 3 is 1.90 bits per heavy atom. The predicted octanol–water partition coefficient (Wildman–Crippen LogP) is 1.67. The second-order valence-electron chi connectivity index (χ2n) is 2.69. The molecule has 0 nitrogen and oxygen atoms in total. The summed E-state index contributed by atoms with van der Waals surface area (Å²) in [5.74, 6) is 0. The first kappa shape index (κ1) is 8.27. The van der Waals surface area contributed by atoms with Crippen molar-refractivity contribution in [1.82, 2.24) is 0 Å². The van der Waals surface area contributed by atoms with Crippen molar-refractivity contribution in [1.29, 1.82) is 0 Å². The van der Waals surface area contributed by atoms with E-state index in [0.29, 0.717) is 0 Å². The van der Waals surface area contributed by atoms with Crippen LogP contribution in [0.4, 0.5) is 0 Å². The maximum atomic E-state index is 3.24. The van der Waals surface area contributed by atoms with E-state index in [-0.39, 0.29) is 0 Å². The van der Waals surface area contributed by atoms with Crippen molar-refractivity contribution in [3.05, 3.63) is 30.3 Å². The Labute approximate surface area is 69.9 Å². The molecule has 0 aliphatic heterocycles. The molecule has 0 saturated carbocycles. The first-order valence-electron chi connectivity index (χ1n) is 3.21. The molecule has 0 spiro atoms. The maximum absolute atomic E-state index is 3.24. The average Bonchev–Trinajstić information content (AvgIpc) is 1.88. The molecule has 0 N–H and O–H groups in total. The fourth-order valence-corrected chi connectivity index (χ4v) is 2.44. The van der Waals surface area contributed by atoms with Crippen molar-refractivity contribution in [3.8, 4) is 0 Å². The van der Waals surface area contributed by atoms with Crippen LogP contribution in [0, 0.1) is 0 Å². The second-order valence-corrected chi connectivity index (χ2v) is 11.7. The van der Waals surface area contributed by atoms with Gasteiger partial charge in [-0.2, -0.15) is 0 Å². The van der Waals surface area contributed by atoms with Crippen molar-refractivity contribution >= 4 is 25.9 Å². The van der Waals surface area contributed by atoms with Gasteiger partial charge in [0.15, 0.2) is 0 Å². The molecule has 0 unspecified atom stereocenters. The SMILES string of the molecule is CP(C)(=[Se])c1ccccc1. The van der Waals surface area contributed by atoms with Crippen molar-refractivity contribution in [2.24, 2.45) is 0 Å². The normalized spacial score (nSPS) is 11.4. The molecule has 0 radical (unpaired) electrons. The van der Waals surface area contributed by atoms with Gasteiger partial charge in [0.05, 0.1) is 0 Å². The summed E-state index contributed by atoms with van der Waals surface area (Å²) in [4.78, 5) is 0. The molecule has 0 bridgehead atoms. The van der Waals surface area contributed by atoms with E-state index in [4.69, 9.17) is 0 Å². The summed E-state index contributed by atoms with van der Waals surface area (Å²) in [6.07, 6.45) is 0. The van der Waals surface area contributed by atoms with Crippen LogP contribution in [0.15, 0.2) is 30.3 Å². The zero-order valence-electron chi connectivity index (χ0n) is 6.24. The van der Waals surface area contributed by atoms with E-state index >= 15 is 0 Å². The van der Waals surface area contributed by atoms with E-state index in [9.17, 15) is 0 Å². The van der Waals surface area contributed by atoms with E-state index in [1.54, 1.807) is 0 Å².